The Morgan fingerprint density at radius 3 is 2.30 bits per heavy atom. The Kier molecular flexibility index (Phi) is 5.84. The largest absolute Gasteiger partial charge is 0.480 e. The van der Waals surface area contributed by atoms with Crippen LogP contribution >= 0.6 is 0 Å². The van der Waals surface area contributed by atoms with Gasteiger partial charge in [-0.3, -0.25) is 0 Å². The first-order chi connectivity index (χ1) is 9.36. The van der Waals surface area contributed by atoms with Crippen LogP contribution in [0.15, 0.2) is 0 Å². The van der Waals surface area contributed by atoms with Crippen LogP contribution in [0.3, 0.4) is 0 Å². The summed E-state index contributed by atoms with van der Waals surface area (Å²) < 4.78 is 0. The second-order valence-corrected chi connectivity index (χ2v) is 6.07. The van der Waals surface area contributed by atoms with Crippen LogP contribution in [0.4, 0.5) is 4.79 Å². The first kappa shape index (κ1) is 16.8. The minimum absolute atomic E-state index is 0.138. The lowest BCUT2D eigenvalue weighted by Crippen LogP contribution is -2.58. The van der Waals surface area contributed by atoms with E-state index in [0.717, 1.165) is 12.8 Å². The number of aliphatic carboxylic acids is 1. The highest BCUT2D eigenvalue weighted by Gasteiger charge is 2.37. The minimum Gasteiger partial charge on any atom is -0.480 e. The normalized spacial score (nSPS) is 26.9. The van der Waals surface area contributed by atoms with E-state index in [2.05, 4.69) is 24.5 Å². The number of hydrogen-bond donors (Lipinski definition) is 3. The number of hydrogen-bond acceptors (Lipinski definition) is 2. The molecule has 1 fully saturated rings. The minimum atomic E-state index is -1.16. The van der Waals surface area contributed by atoms with E-state index in [1.807, 2.05) is 0 Å². The van der Waals surface area contributed by atoms with Gasteiger partial charge in [-0.2, -0.15) is 0 Å². The van der Waals surface area contributed by atoms with Crippen molar-refractivity contribution >= 4 is 12.0 Å². The lowest BCUT2D eigenvalue weighted by atomic mass is 9.78. The summed E-state index contributed by atoms with van der Waals surface area (Å²) in [6.07, 6.45) is 4.04. The van der Waals surface area contributed by atoms with Gasteiger partial charge in [-0.05, 0) is 31.1 Å². The van der Waals surface area contributed by atoms with Gasteiger partial charge >= 0.3 is 12.0 Å². The van der Waals surface area contributed by atoms with Gasteiger partial charge in [0.15, 0.2) is 0 Å². The third kappa shape index (κ3) is 3.64. The summed E-state index contributed by atoms with van der Waals surface area (Å²) in [7, 11) is 0. The second kappa shape index (κ2) is 6.95. The molecule has 0 saturated heterocycles. The maximum atomic E-state index is 12.1. The highest BCUT2D eigenvalue weighted by molar-refractivity contribution is 5.86. The van der Waals surface area contributed by atoms with Gasteiger partial charge in [0.05, 0.1) is 0 Å². The van der Waals surface area contributed by atoms with Gasteiger partial charge in [0.2, 0.25) is 0 Å². The predicted octanol–water partition coefficient (Wildman–Crippen LogP) is 2.75. The van der Waals surface area contributed by atoms with E-state index >= 15 is 0 Å². The van der Waals surface area contributed by atoms with E-state index in [1.165, 1.54) is 6.42 Å². The first-order valence-electron chi connectivity index (χ1n) is 7.68. The number of nitrogens with one attached hydrogen (secondary N) is 2. The van der Waals surface area contributed by atoms with Crippen molar-refractivity contribution in [3.05, 3.63) is 0 Å². The Bertz CT molecular complexity index is 353. The molecule has 3 unspecified atom stereocenters. The Hall–Kier alpha value is -1.26. The van der Waals surface area contributed by atoms with E-state index < -0.39 is 11.5 Å². The zero-order valence-electron chi connectivity index (χ0n) is 13.0. The summed E-state index contributed by atoms with van der Waals surface area (Å²) in [6.45, 7) is 7.92. The van der Waals surface area contributed by atoms with E-state index in [0.29, 0.717) is 24.7 Å². The summed E-state index contributed by atoms with van der Waals surface area (Å²) in [5.41, 5.74) is -1.16. The molecule has 0 bridgehead atoms. The van der Waals surface area contributed by atoms with Crippen molar-refractivity contribution in [3.63, 3.8) is 0 Å². The Balaban J connectivity index is 2.64. The van der Waals surface area contributed by atoms with Crippen molar-refractivity contribution in [1.29, 1.82) is 0 Å². The molecule has 0 aromatic heterocycles. The molecule has 1 aliphatic carbocycles. The molecule has 1 saturated carbocycles. The summed E-state index contributed by atoms with van der Waals surface area (Å²) in [6, 6.07) is -0.221. The fourth-order valence-corrected chi connectivity index (χ4v) is 2.99. The molecule has 5 heteroatoms. The van der Waals surface area contributed by atoms with Crippen LogP contribution in [0.2, 0.25) is 0 Å². The Morgan fingerprint density at radius 2 is 1.80 bits per heavy atom. The molecule has 0 aromatic rings. The van der Waals surface area contributed by atoms with Crippen molar-refractivity contribution in [2.45, 2.75) is 71.4 Å². The van der Waals surface area contributed by atoms with Gasteiger partial charge in [0.1, 0.15) is 5.54 Å². The maximum absolute atomic E-state index is 12.1. The maximum Gasteiger partial charge on any atom is 0.329 e. The van der Waals surface area contributed by atoms with Crippen LogP contribution in [0.1, 0.15) is 59.8 Å². The van der Waals surface area contributed by atoms with Crippen LogP contribution in [0, 0.1) is 11.8 Å². The van der Waals surface area contributed by atoms with Gasteiger partial charge in [0.25, 0.3) is 0 Å². The zero-order valence-corrected chi connectivity index (χ0v) is 13.0. The van der Waals surface area contributed by atoms with E-state index in [4.69, 9.17) is 0 Å². The molecule has 3 N–H and O–H groups in total. The second-order valence-electron chi connectivity index (χ2n) is 6.07. The van der Waals surface area contributed by atoms with Crippen molar-refractivity contribution in [1.82, 2.24) is 10.6 Å². The molecule has 20 heavy (non-hydrogen) atoms. The van der Waals surface area contributed by atoms with Crippen molar-refractivity contribution < 1.29 is 14.7 Å². The highest BCUT2D eigenvalue weighted by atomic mass is 16.4. The number of rotatable bonds is 5. The first-order valence-corrected chi connectivity index (χ1v) is 7.68. The lowest BCUT2D eigenvalue weighted by Gasteiger charge is -2.36. The molecular formula is C15H28N2O3. The molecule has 0 aliphatic heterocycles. The average Bonchev–Trinajstić information content (AvgIpc) is 2.41. The predicted molar refractivity (Wildman–Crippen MR) is 78.6 cm³/mol. The molecule has 0 spiro atoms. The van der Waals surface area contributed by atoms with Crippen LogP contribution in [0.25, 0.3) is 0 Å². The van der Waals surface area contributed by atoms with E-state index in [1.54, 1.807) is 13.8 Å². The smallest absolute Gasteiger partial charge is 0.329 e. The molecule has 0 heterocycles. The molecule has 116 valence electrons. The Labute approximate surface area is 121 Å². The van der Waals surface area contributed by atoms with Gasteiger partial charge in [0, 0.05) is 6.04 Å². The Morgan fingerprint density at radius 1 is 1.20 bits per heavy atom. The summed E-state index contributed by atoms with van der Waals surface area (Å²) in [5, 5.41) is 15.0. The third-order valence-electron chi connectivity index (χ3n) is 4.99. The van der Waals surface area contributed by atoms with Crippen molar-refractivity contribution in [2.24, 2.45) is 11.8 Å². The monoisotopic (exact) mass is 284 g/mol. The van der Waals surface area contributed by atoms with Crippen molar-refractivity contribution in [3.8, 4) is 0 Å². The number of carboxylic acid groups (broad SMARTS) is 1. The van der Waals surface area contributed by atoms with Crippen LogP contribution < -0.4 is 10.6 Å². The molecule has 1 aliphatic rings. The van der Waals surface area contributed by atoms with Gasteiger partial charge in [-0.15, -0.1) is 0 Å². The van der Waals surface area contributed by atoms with Crippen LogP contribution in [-0.2, 0) is 4.79 Å². The molecule has 1 rings (SSSR count). The number of urea groups is 1. The molecule has 3 atom stereocenters. The number of carbonyl (C=O) groups is 2. The quantitative estimate of drug-likeness (QED) is 0.726. The molecular weight excluding hydrogens is 256 g/mol. The number of amides is 2. The SMILES string of the molecule is CCC(CC)(NC(=O)NC1CCCC(C)C1C)C(=O)O. The van der Waals surface area contributed by atoms with Gasteiger partial charge in [-0.1, -0.05) is 40.5 Å². The molecule has 0 aromatic carbocycles. The fraction of sp³-hybridized carbons (Fsp3) is 0.867. The molecule has 0 radical (unpaired) electrons. The number of carboxylic acids is 1. The van der Waals surface area contributed by atoms with Gasteiger partial charge in [-0.25, -0.2) is 9.59 Å². The van der Waals surface area contributed by atoms with Crippen LogP contribution in [0.5, 0.6) is 0 Å². The fourth-order valence-electron chi connectivity index (χ4n) is 2.99. The summed E-state index contributed by atoms with van der Waals surface area (Å²) >= 11 is 0. The van der Waals surface area contributed by atoms with E-state index in [9.17, 15) is 14.7 Å². The third-order valence-corrected chi connectivity index (χ3v) is 4.99. The summed E-state index contributed by atoms with van der Waals surface area (Å²) in [5.74, 6) is 0.0512. The van der Waals surface area contributed by atoms with Crippen LogP contribution in [-0.4, -0.2) is 28.7 Å². The molecule has 5 nitrogen and oxygen atoms in total. The standard InChI is InChI=1S/C15H28N2O3/c1-5-15(6-2,13(18)19)17-14(20)16-12-9-7-8-10(3)11(12)4/h10-12H,5-9H2,1-4H3,(H,18,19)(H2,16,17,20). The topological polar surface area (TPSA) is 78.4 Å². The zero-order chi connectivity index (χ0) is 15.3. The summed E-state index contributed by atoms with van der Waals surface area (Å²) in [4.78, 5) is 23.5. The van der Waals surface area contributed by atoms with Crippen molar-refractivity contribution in [2.75, 3.05) is 0 Å². The van der Waals surface area contributed by atoms with E-state index in [-0.39, 0.29) is 12.1 Å². The highest BCUT2D eigenvalue weighted by Crippen LogP contribution is 2.29. The average molecular weight is 284 g/mol. The van der Waals surface area contributed by atoms with Gasteiger partial charge < -0.3 is 15.7 Å². The number of carbonyl (C=O) groups excluding carboxylic acids is 1. The molecule has 2 amide bonds. The lowest BCUT2D eigenvalue weighted by molar-refractivity contribution is -0.144.